The first-order valence-corrected chi connectivity index (χ1v) is 11.7. The molecular weight excluding hydrogens is 455 g/mol. The van der Waals surface area contributed by atoms with Crippen LogP contribution in [0.4, 0.5) is 11.4 Å². The number of aryl methyl sites for hydroxylation is 2. The van der Waals surface area contributed by atoms with Crippen molar-refractivity contribution < 1.29 is 13.2 Å². The minimum absolute atomic E-state index is 0.0996. The van der Waals surface area contributed by atoms with E-state index in [1.165, 1.54) is 12.1 Å². The zero-order valence-corrected chi connectivity index (χ0v) is 19.6. The summed E-state index contributed by atoms with van der Waals surface area (Å²) in [4.78, 5) is 13.0. The number of hydrogen-bond donors (Lipinski definition) is 1. The summed E-state index contributed by atoms with van der Waals surface area (Å²) in [6.07, 6.45) is 0. The van der Waals surface area contributed by atoms with E-state index in [1.807, 2.05) is 26.8 Å². The first kappa shape index (κ1) is 23.1. The van der Waals surface area contributed by atoms with Gasteiger partial charge in [0.1, 0.15) is 6.54 Å². The van der Waals surface area contributed by atoms with Gasteiger partial charge in [-0.3, -0.25) is 9.10 Å². The second-order valence-corrected chi connectivity index (χ2v) is 9.87. The number of nitrogens with one attached hydrogen (secondary N) is 1. The summed E-state index contributed by atoms with van der Waals surface area (Å²) in [6.45, 7) is 5.14. The van der Waals surface area contributed by atoms with E-state index >= 15 is 0 Å². The number of hydrogen-bond acceptors (Lipinski definition) is 3. The molecule has 3 aromatic rings. The van der Waals surface area contributed by atoms with Crippen LogP contribution in [0.1, 0.15) is 16.7 Å². The van der Waals surface area contributed by atoms with Crippen molar-refractivity contribution in [1.82, 2.24) is 0 Å². The Bertz CT molecular complexity index is 1210. The average molecular weight is 477 g/mol. The van der Waals surface area contributed by atoms with E-state index in [0.29, 0.717) is 5.69 Å². The smallest absolute Gasteiger partial charge is 0.264 e. The van der Waals surface area contributed by atoms with Gasteiger partial charge in [0.05, 0.1) is 26.3 Å². The molecule has 3 aromatic carbocycles. The maximum Gasteiger partial charge on any atom is 0.264 e. The molecule has 0 fully saturated rings. The fourth-order valence-electron chi connectivity index (χ4n) is 3.07. The van der Waals surface area contributed by atoms with Crippen molar-refractivity contribution in [3.8, 4) is 0 Å². The van der Waals surface area contributed by atoms with Crippen molar-refractivity contribution in [2.24, 2.45) is 0 Å². The minimum atomic E-state index is -4.01. The van der Waals surface area contributed by atoms with Gasteiger partial charge in [0.15, 0.2) is 0 Å². The Morgan fingerprint density at radius 3 is 2.10 bits per heavy atom. The van der Waals surface area contributed by atoms with Crippen LogP contribution in [0.25, 0.3) is 0 Å². The van der Waals surface area contributed by atoms with E-state index in [4.69, 9.17) is 23.2 Å². The molecule has 162 valence electrons. The highest BCUT2D eigenvalue weighted by Gasteiger charge is 2.29. The predicted octanol–water partition coefficient (Wildman–Crippen LogP) is 5.75. The van der Waals surface area contributed by atoms with Gasteiger partial charge < -0.3 is 5.32 Å². The van der Waals surface area contributed by atoms with Gasteiger partial charge >= 0.3 is 0 Å². The number of para-hydroxylation sites is 1. The third-order valence-electron chi connectivity index (χ3n) is 4.97. The predicted molar refractivity (Wildman–Crippen MR) is 127 cm³/mol. The molecule has 0 aliphatic rings. The van der Waals surface area contributed by atoms with E-state index in [-0.39, 0.29) is 20.6 Å². The molecule has 0 unspecified atom stereocenters. The third kappa shape index (κ3) is 5.03. The molecular formula is C23H22Cl2N2O3S. The van der Waals surface area contributed by atoms with Crippen LogP contribution in [0.5, 0.6) is 0 Å². The second-order valence-electron chi connectivity index (χ2n) is 7.19. The molecule has 0 radical (unpaired) electrons. The number of carbonyl (C=O) groups is 1. The standard InChI is InChI=1S/C23H22Cl2N2O3S/c1-15-10-12-18(13-11-15)31(29,30)27(21-9-4-6-16(2)17(21)3)14-22(28)26-23-19(24)7-5-8-20(23)25/h4-13H,14H2,1-3H3,(H,26,28). The number of rotatable bonds is 6. The molecule has 8 heteroatoms. The van der Waals surface area contributed by atoms with Crippen LogP contribution >= 0.6 is 23.2 Å². The van der Waals surface area contributed by atoms with Crippen LogP contribution < -0.4 is 9.62 Å². The molecule has 5 nitrogen and oxygen atoms in total. The SMILES string of the molecule is Cc1ccc(S(=O)(=O)N(CC(=O)Nc2c(Cl)cccc2Cl)c2cccc(C)c2C)cc1. The lowest BCUT2D eigenvalue weighted by molar-refractivity contribution is -0.114. The number of anilines is 2. The van der Waals surface area contributed by atoms with Crippen LogP contribution in [0.15, 0.2) is 65.6 Å². The molecule has 3 rings (SSSR count). The molecule has 0 saturated carbocycles. The van der Waals surface area contributed by atoms with Gasteiger partial charge in [-0.25, -0.2) is 8.42 Å². The van der Waals surface area contributed by atoms with E-state index in [9.17, 15) is 13.2 Å². The first-order valence-electron chi connectivity index (χ1n) is 9.50. The van der Waals surface area contributed by atoms with Gasteiger partial charge in [-0.05, 0) is 62.2 Å². The number of carbonyl (C=O) groups excluding carboxylic acids is 1. The summed E-state index contributed by atoms with van der Waals surface area (Å²) < 4.78 is 28.2. The molecule has 31 heavy (non-hydrogen) atoms. The van der Waals surface area contributed by atoms with E-state index in [1.54, 1.807) is 42.5 Å². The molecule has 0 aromatic heterocycles. The lowest BCUT2D eigenvalue weighted by Gasteiger charge is -2.26. The Morgan fingerprint density at radius 1 is 0.903 bits per heavy atom. The quantitative estimate of drug-likeness (QED) is 0.492. The lowest BCUT2D eigenvalue weighted by Crippen LogP contribution is -2.38. The first-order chi connectivity index (χ1) is 14.6. The summed E-state index contributed by atoms with van der Waals surface area (Å²) in [5.41, 5.74) is 3.28. The largest absolute Gasteiger partial charge is 0.322 e. The Morgan fingerprint density at radius 2 is 1.48 bits per heavy atom. The topological polar surface area (TPSA) is 66.5 Å². The van der Waals surface area contributed by atoms with Crippen LogP contribution in [-0.4, -0.2) is 20.9 Å². The Kier molecular flexibility index (Phi) is 6.94. The summed E-state index contributed by atoms with van der Waals surface area (Å²) in [7, 11) is -4.01. The fraction of sp³-hybridized carbons (Fsp3) is 0.174. The summed E-state index contributed by atoms with van der Waals surface area (Å²) in [5, 5.41) is 3.17. The van der Waals surface area contributed by atoms with E-state index < -0.39 is 22.5 Å². The molecule has 0 aliphatic heterocycles. The van der Waals surface area contributed by atoms with Gasteiger partial charge in [-0.1, -0.05) is 59.1 Å². The number of sulfonamides is 1. The van der Waals surface area contributed by atoms with Gasteiger partial charge in [-0.2, -0.15) is 0 Å². The van der Waals surface area contributed by atoms with E-state index in [2.05, 4.69) is 5.32 Å². The van der Waals surface area contributed by atoms with Crippen LogP contribution in [0.2, 0.25) is 10.0 Å². The van der Waals surface area contributed by atoms with Crippen molar-refractivity contribution in [3.63, 3.8) is 0 Å². The normalized spacial score (nSPS) is 11.3. The highest BCUT2D eigenvalue weighted by molar-refractivity contribution is 7.92. The van der Waals surface area contributed by atoms with Crippen LogP contribution in [0.3, 0.4) is 0 Å². The molecule has 1 amide bonds. The van der Waals surface area contributed by atoms with Gasteiger partial charge in [0, 0.05) is 0 Å². The summed E-state index contributed by atoms with van der Waals surface area (Å²) >= 11 is 12.3. The summed E-state index contributed by atoms with van der Waals surface area (Å²) in [6, 6.07) is 16.7. The molecule has 0 saturated heterocycles. The van der Waals surface area contributed by atoms with Crippen LogP contribution in [0, 0.1) is 20.8 Å². The van der Waals surface area contributed by atoms with E-state index in [0.717, 1.165) is 21.0 Å². The maximum absolute atomic E-state index is 13.5. The maximum atomic E-state index is 13.5. The molecule has 1 N–H and O–H groups in total. The highest BCUT2D eigenvalue weighted by Crippen LogP contribution is 2.31. The average Bonchev–Trinajstić information content (AvgIpc) is 2.72. The molecule has 0 bridgehead atoms. The zero-order valence-electron chi connectivity index (χ0n) is 17.3. The van der Waals surface area contributed by atoms with Crippen molar-refractivity contribution in [1.29, 1.82) is 0 Å². The molecule has 0 aliphatic carbocycles. The second kappa shape index (κ2) is 9.30. The van der Waals surface area contributed by atoms with Crippen molar-refractivity contribution in [2.45, 2.75) is 25.7 Å². The minimum Gasteiger partial charge on any atom is -0.322 e. The Labute approximate surface area is 192 Å². The zero-order chi connectivity index (χ0) is 22.8. The van der Waals surface area contributed by atoms with Crippen molar-refractivity contribution >= 4 is 50.5 Å². The fourth-order valence-corrected chi connectivity index (χ4v) is 5.04. The monoisotopic (exact) mass is 476 g/mol. The van der Waals surface area contributed by atoms with Crippen molar-refractivity contribution in [3.05, 3.63) is 87.4 Å². The number of benzene rings is 3. The van der Waals surface area contributed by atoms with Crippen molar-refractivity contribution in [2.75, 3.05) is 16.2 Å². The number of halogens is 2. The third-order valence-corrected chi connectivity index (χ3v) is 7.37. The van der Waals surface area contributed by atoms with Crippen LogP contribution in [-0.2, 0) is 14.8 Å². The molecule has 0 spiro atoms. The Balaban J connectivity index is 2.03. The number of nitrogens with zero attached hydrogens (tertiary/aromatic N) is 1. The molecule has 0 heterocycles. The Hall–Kier alpha value is -2.54. The highest BCUT2D eigenvalue weighted by atomic mass is 35.5. The van der Waals surface area contributed by atoms with Gasteiger partial charge in [-0.15, -0.1) is 0 Å². The number of amides is 1. The van der Waals surface area contributed by atoms with Gasteiger partial charge in [0.25, 0.3) is 10.0 Å². The lowest BCUT2D eigenvalue weighted by atomic mass is 10.1. The van der Waals surface area contributed by atoms with Gasteiger partial charge in [0.2, 0.25) is 5.91 Å². The summed E-state index contributed by atoms with van der Waals surface area (Å²) in [5.74, 6) is -0.563. The molecule has 0 atom stereocenters.